The van der Waals surface area contributed by atoms with Crippen LogP contribution in [0.3, 0.4) is 0 Å². The van der Waals surface area contributed by atoms with Crippen LogP contribution in [-0.4, -0.2) is 21.7 Å². The maximum absolute atomic E-state index is 13.2. The number of nitrogens with zero attached hydrogens (tertiary/aromatic N) is 2. The Balaban J connectivity index is 1.90. The van der Waals surface area contributed by atoms with Crippen molar-refractivity contribution < 1.29 is 8.78 Å². The average molecular weight is 299 g/mol. The topological polar surface area (TPSA) is 43.8 Å². The van der Waals surface area contributed by atoms with Crippen molar-refractivity contribution in [3.8, 4) is 0 Å². The van der Waals surface area contributed by atoms with Crippen LogP contribution in [0.25, 0.3) is 0 Å². The molecule has 5 heteroatoms. The molecule has 120 valence electrons. The molecule has 0 saturated heterocycles. The highest BCUT2D eigenvalue weighted by atomic mass is 19.3. The standard InChI is InChI=1S/C16H27F2N3/c1-3-14(4-2)21-10-7-13(20-21)11-15(19)12-5-8-16(17,18)9-6-12/h7,10,12,14-15H,3-6,8-9,11,19H2,1-2H3. The molecule has 0 bridgehead atoms. The fraction of sp³-hybridized carbons (Fsp3) is 0.812. The summed E-state index contributed by atoms with van der Waals surface area (Å²) < 4.78 is 28.4. The first kappa shape index (κ1) is 16.4. The van der Waals surface area contributed by atoms with E-state index in [4.69, 9.17) is 5.73 Å². The third-order valence-corrected chi connectivity index (χ3v) is 4.79. The summed E-state index contributed by atoms with van der Waals surface area (Å²) in [5.74, 6) is -2.28. The zero-order valence-corrected chi connectivity index (χ0v) is 13.1. The number of nitrogens with two attached hydrogens (primary N) is 1. The van der Waals surface area contributed by atoms with Gasteiger partial charge >= 0.3 is 0 Å². The predicted octanol–water partition coefficient (Wildman–Crippen LogP) is 3.94. The summed E-state index contributed by atoms with van der Waals surface area (Å²) in [5.41, 5.74) is 7.20. The van der Waals surface area contributed by atoms with Gasteiger partial charge in [0, 0.05) is 31.5 Å². The maximum atomic E-state index is 13.2. The van der Waals surface area contributed by atoms with E-state index in [0.29, 0.717) is 25.3 Å². The second kappa shape index (κ2) is 6.86. The molecule has 1 aromatic rings. The molecule has 1 aliphatic rings. The minimum Gasteiger partial charge on any atom is -0.327 e. The van der Waals surface area contributed by atoms with Gasteiger partial charge in [-0.3, -0.25) is 4.68 Å². The number of rotatable bonds is 6. The van der Waals surface area contributed by atoms with Crippen LogP contribution < -0.4 is 5.73 Å². The third-order valence-electron chi connectivity index (χ3n) is 4.79. The Hall–Kier alpha value is -0.970. The van der Waals surface area contributed by atoms with Gasteiger partial charge in [-0.05, 0) is 37.7 Å². The molecule has 1 aliphatic carbocycles. The fourth-order valence-corrected chi connectivity index (χ4v) is 3.25. The number of aromatic nitrogens is 2. The minimum absolute atomic E-state index is 0.0203. The van der Waals surface area contributed by atoms with Crippen molar-refractivity contribution in [2.45, 2.75) is 76.8 Å². The highest BCUT2D eigenvalue weighted by Gasteiger charge is 2.36. The highest BCUT2D eigenvalue weighted by molar-refractivity contribution is 5.03. The van der Waals surface area contributed by atoms with Crippen LogP contribution in [0.2, 0.25) is 0 Å². The second-order valence-corrected chi connectivity index (χ2v) is 6.32. The Morgan fingerprint density at radius 3 is 2.52 bits per heavy atom. The van der Waals surface area contributed by atoms with E-state index in [0.717, 1.165) is 18.5 Å². The molecule has 0 spiro atoms. The van der Waals surface area contributed by atoms with Crippen molar-refractivity contribution in [1.29, 1.82) is 0 Å². The maximum Gasteiger partial charge on any atom is 0.248 e. The van der Waals surface area contributed by atoms with Crippen molar-refractivity contribution in [3.63, 3.8) is 0 Å². The van der Waals surface area contributed by atoms with Crippen molar-refractivity contribution in [2.75, 3.05) is 0 Å². The van der Waals surface area contributed by atoms with E-state index in [9.17, 15) is 8.78 Å². The van der Waals surface area contributed by atoms with Crippen molar-refractivity contribution in [2.24, 2.45) is 11.7 Å². The van der Waals surface area contributed by atoms with Gasteiger partial charge in [0.25, 0.3) is 0 Å². The Morgan fingerprint density at radius 1 is 1.33 bits per heavy atom. The Labute approximate surface area is 125 Å². The van der Waals surface area contributed by atoms with Gasteiger partial charge < -0.3 is 5.73 Å². The van der Waals surface area contributed by atoms with Gasteiger partial charge in [0.1, 0.15) is 0 Å². The monoisotopic (exact) mass is 299 g/mol. The lowest BCUT2D eigenvalue weighted by Crippen LogP contribution is -2.37. The van der Waals surface area contributed by atoms with Crippen LogP contribution in [0.15, 0.2) is 12.3 Å². The van der Waals surface area contributed by atoms with Crippen LogP contribution in [-0.2, 0) is 6.42 Å². The average Bonchev–Trinajstić information content (AvgIpc) is 2.88. The molecule has 21 heavy (non-hydrogen) atoms. The van der Waals surface area contributed by atoms with Gasteiger partial charge in [-0.2, -0.15) is 5.10 Å². The quantitative estimate of drug-likeness (QED) is 0.864. The molecule has 2 rings (SSSR count). The molecule has 1 saturated carbocycles. The summed E-state index contributed by atoms with van der Waals surface area (Å²) in [7, 11) is 0. The molecule has 1 heterocycles. The van der Waals surface area contributed by atoms with Crippen LogP contribution in [0, 0.1) is 5.92 Å². The van der Waals surface area contributed by atoms with Crippen LogP contribution in [0.1, 0.15) is 64.1 Å². The normalized spacial score (nSPS) is 20.9. The van der Waals surface area contributed by atoms with E-state index < -0.39 is 5.92 Å². The summed E-state index contributed by atoms with van der Waals surface area (Å²) in [6.07, 6.45) is 5.82. The Kier molecular flexibility index (Phi) is 5.36. The summed E-state index contributed by atoms with van der Waals surface area (Å²) in [6, 6.07) is 2.38. The van der Waals surface area contributed by atoms with E-state index in [2.05, 4.69) is 18.9 Å². The minimum atomic E-state index is -2.48. The van der Waals surface area contributed by atoms with Crippen LogP contribution in [0.4, 0.5) is 8.78 Å². The second-order valence-electron chi connectivity index (χ2n) is 6.32. The number of hydrogen-bond donors (Lipinski definition) is 1. The molecule has 0 aromatic carbocycles. The molecule has 3 nitrogen and oxygen atoms in total. The molecule has 1 unspecified atom stereocenters. The highest BCUT2D eigenvalue weighted by Crippen LogP contribution is 2.37. The molecule has 2 N–H and O–H groups in total. The Morgan fingerprint density at radius 2 is 1.95 bits per heavy atom. The first-order valence-corrected chi connectivity index (χ1v) is 8.12. The molecule has 0 radical (unpaired) electrons. The van der Waals surface area contributed by atoms with Crippen molar-refractivity contribution in [1.82, 2.24) is 9.78 Å². The molecule has 0 amide bonds. The molecule has 1 atom stereocenters. The van der Waals surface area contributed by atoms with Crippen LogP contribution in [0.5, 0.6) is 0 Å². The zero-order valence-electron chi connectivity index (χ0n) is 13.1. The van der Waals surface area contributed by atoms with Gasteiger partial charge in [-0.25, -0.2) is 8.78 Å². The smallest absolute Gasteiger partial charge is 0.248 e. The molecule has 1 aromatic heterocycles. The SMILES string of the molecule is CCC(CC)n1ccc(CC(N)C2CCC(F)(F)CC2)n1. The van der Waals surface area contributed by atoms with Crippen molar-refractivity contribution >= 4 is 0 Å². The molecular formula is C16H27F2N3. The van der Waals surface area contributed by atoms with Gasteiger partial charge in [0.2, 0.25) is 5.92 Å². The fourth-order valence-electron chi connectivity index (χ4n) is 3.25. The van der Waals surface area contributed by atoms with Crippen molar-refractivity contribution in [3.05, 3.63) is 18.0 Å². The zero-order chi connectivity index (χ0) is 15.5. The predicted molar refractivity (Wildman–Crippen MR) is 80.4 cm³/mol. The van der Waals surface area contributed by atoms with Crippen LogP contribution >= 0.6 is 0 Å². The van der Waals surface area contributed by atoms with E-state index >= 15 is 0 Å². The van der Waals surface area contributed by atoms with Gasteiger partial charge in [0.15, 0.2) is 0 Å². The lowest BCUT2D eigenvalue weighted by atomic mass is 9.81. The lowest BCUT2D eigenvalue weighted by molar-refractivity contribution is -0.0481. The van der Waals surface area contributed by atoms with Gasteiger partial charge in [0.05, 0.1) is 11.7 Å². The molecule has 1 fully saturated rings. The largest absolute Gasteiger partial charge is 0.327 e. The number of halogens is 2. The summed E-state index contributed by atoms with van der Waals surface area (Å²) in [5, 5.41) is 4.60. The van der Waals surface area contributed by atoms with E-state index in [1.807, 2.05) is 16.9 Å². The van der Waals surface area contributed by atoms with Gasteiger partial charge in [-0.1, -0.05) is 13.8 Å². The van der Waals surface area contributed by atoms with E-state index in [-0.39, 0.29) is 24.8 Å². The summed E-state index contributed by atoms with van der Waals surface area (Å²) in [6.45, 7) is 4.31. The lowest BCUT2D eigenvalue weighted by Gasteiger charge is -2.31. The van der Waals surface area contributed by atoms with Gasteiger partial charge in [-0.15, -0.1) is 0 Å². The summed E-state index contributed by atoms with van der Waals surface area (Å²) in [4.78, 5) is 0. The van der Waals surface area contributed by atoms with E-state index in [1.54, 1.807) is 0 Å². The summed E-state index contributed by atoms with van der Waals surface area (Å²) >= 11 is 0. The number of alkyl halides is 2. The first-order chi connectivity index (χ1) is 9.95. The Bertz CT molecular complexity index is 430. The van der Waals surface area contributed by atoms with E-state index in [1.165, 1.54) is 0 Å². The molecule has 0 aliphatic heterocycles. The molecular weight excluding hydrogens is 272 g/mol. The number of hydrogen-bond acceptors (Lipinski definition) is 2. The first-order valence-electron chi connectivity index (χ1n) is 8.12. The third kappa shape index (κ3) is 4.25.